The molecular formula is C16H15FO2. The molecule has 2 rings (SSSR count). The highest BCUT2D eigenvalue weighted by atomic mass is 19.1. The molecular weight excluding hydrogens is 243 g/mol. The molecule has 3 heteroatoms. The van der Waals surface area contributed by atoms with Gasteiger partial charge in [0.15, 0.2) is 0 Å². The van der Waals surface area contributed by atoms with E-state index in [1.54, 1.807) is 6.07 Å². The first-order valence-corrected chi connectivity index (χ1v) is 6.12. The lowest BCUT2D eigenvalue weighted by atomic mass is 9.98. The van der Waals surface area contributed by atoms with Crippen LogP contribution in [-0.2, 0) is 0 Å². The number of benzene rings is 2. The molecule has 0 aliphatic heterocycles. The van der Waals surface area contributed by atoms with Gasteiger partial charge >= 0.3 is 5.97 Å². The average molecular weight is 258 g/mol. The molecule has 1 N–H and O–H groups in total. The van der Waals surface area contributed by atoms with E-state index in [-0.39, 0.29) is 5.56 Å². The summed E-state index contributed by atoms with van der Waals surface area (Å²) in [6, 6.07) is 12.0. The van der Waals surface area contributed by atoms with Crippen LogP contribution in [0, 0.1) is 5.82 Å². The molecule has 0 heterocycles. The molecule has 0 amide bonds. The van der Waals surface area contributed by atoms with Crippen molar-refractivity contribution in [1.82, 2.24) is 0 Å². The Hall–Kier alpha value is -2.16. The van der Waals surface area contributed by atoms with Gasteiger partial charge in [-0.05, 0) is 34.7 Å². The van der Waals surface area contributed by atoms with Crippen LogP contribution in [0.15, 0.2) is 42.5 Å². The van der Waals surface area contributed by atoms with Gasteiger partial charge < -0.3 is 5.11 Å². The summed E-state index contributed by atoms with van der Waals surface area (Å²) in [7, 11) is 0. The standard InChI is InChI=1S/C16H15FO2/c1-10(2)11-3-5-12(6-4-11)13-7-8-14(16(18)19)15(17)9-13/h3-10H,1-2H3,(H,18,19). The van der Waals surface area contributed by atoms with Gasteiger partial charge in [-0.3, -0.25) is 0 Å². The Morgan fingerprint density at radius 1 is 1.05 bits per heavy atom. The van der Waals surface area contributed by atoms with Crippen molar-refractivity contribution in [2.24, 2.45) is 0 Å². The maximum absolute atomic E-state index is 13.6. The predicted octanol–water partition coefficient (Wildman–Crippen LogP) is 4.31. The second kappa shape index (κ2) is 5.22. The summed E-state index contributed by atoms with van der Waals surface area (Å²) >= 11 is 0. The lowest BCUT2D eigenvalue weighted by molar-refractivity contribution is 0.0692. The quantitative estimate of drug-likeness (QED) is 0.890. The SMILES string of the molecule is CC(C)c1ccc(-c2ccc(C(=O)O)c(F)c2)cc1. The van der Waals surface area contributed by atoms with Gasteiger partial charge in [0.1, 0.15) is 5.82 Å². The topological polar surface area (TPSA) is 37.3 Å². The summed E-state index contributed by atoms with van der Waals surface area (Å²) in [5.41, 5.74) is 2.46. The number of hydrogen-bond acceptors (Lipinski definition) is 1. The monoisotopic (exact) mass is 258 g/mol. The van der Waals surface area contributed by atoms with E-state index in [0.29, 0.717) is 11.5 Å². The van der Waals surface area contributed by atoms with E-state index in [9.17, 15) is 9.18 Å². The number of hydrogen-bond donors (Lipinski definition) is 1. The molecule has 0 aliphatic rings. The summed E-state index contributed by atoms with van der Waals surface area (Å²) in [6.45, 7) is 4.21. The van der Waals surface area contributed by atoms with Crippen LogP contribution in [0.4, 0.5) is 4.39 Å². The van der Waals surface area contributed by atoms with Gasteiger partial charge in [-0.25, -0.2) is 9.18 Å². The summed E-state index contributed by atoms with van der Waals surface area (Å²) in [4.78, 5) is 10.7. The first-order valence-electron chi connectivity index (χ1n) is 6.12. The van der Waals surface area contributed by atoms with E-state index in [4.69, 9.17) is 5.11 Å². The molecule has 0 saturated heterocycles. The Morgan fingerprint density at radius 2 is 1.63 bits per heavy atom. The smallest absolute Gasteiger partial charge is 0.338 e. The Morgan fingerprint density at radius 3 is 2.11 bits per heavy atom. The van der Waals surface area contributed by atoms with Crippen LogP contribution in [0.5, 0.6) is 0 Å². The van der Waals surface area contributed by atoms with Crippen LogP contribution in [0.3, 0.4) is 0 Å². The van der Waals surface area contributed by atoms with Gasteiger partial charge in [0.2, 0.25) is 0 Å². The van der Waals surface area contributed by atoms with Crippen molar-refractivity contribution >= 4 is 5.97 Å². The molecule has 0 aliphatic carbocycles. The minimum atomic E-state index is -1.25. The van der Waals surface area contributed by atoms with Crippen molar-refractivity contribution in [3.8, 4) is 11.1 Å². The molecule has 0 fully saturated rings. The van der Waals surface area contributed by atoms with Crippen molar-refractivity contribution < 1.29 is 14.3 Å². The molecule has 0 bridgehead atoms. The van der Waals surface area contributed by atoms with Crippen LogP contribution < -0.4 is 0 Å². The predicted molar refractivity (Wildman–Crippen MR) is 72.9 cm³/mol. The van der Waals surface area contributed by atoms with Crippen molar-refractivity contribution in [3.05, 3.63) is 59.4 Å². The fourth-order valence-electron chi connectivity index (χ4n) is 1.93. The van der Waals surface area contributed by atoms with Crippen LogP contribution in [-0.4, -0.2) is 11.1 Å². The molecule has 0 saturated carbocycles. The van der Waals surface area contributed by atoms with Gasteiger partial charge in [-0.15, -0.1) is 0 Å². The molecule has 2 aromatic carbocycles. The number of aromatic carboxylic acids is 1. The maximum Gasteiger partial charge on any atom is 0.338 e. The van der Waals surface area contributed by atoms with E-state index in [0.717, 1.165) is 5.56 Å². The first-order chi connectivity index (χ1) is 8.99. The third-order valence-corrected chi connectivity index (χ3v) is 3.11. The minimum absolute atomic E-state index is 0.303. The molecule has 2 nitrogen and oxygen atoms in total. The molecule has 0 aromatic heterocycles. The van der Waals surface area contributed by atoms with Crippen LogP contribution in [0.2, 0.25) is 0 Å². The largest absolute Gasteiger partial charge is 0.478 e. The molecule has 19 heavy (non-hydrogen) atoms. The summed E-state index contributed by atoms with van der Waals surface area (Å²) in [5.74, 6) is -1.52. The van der Waals surface area contributed by atoms with Crippen molar-refractivity contribution in [1.29, 1.82) is 0 Å². The number of carboxylic acids is 1. The van der Waals surface area contributed by atoms with Gasteiger partial charge in [0.05, 0.1) is 5.56 Å². The molecule has 0 radical (unpaired) electrons. The van der Waals surface area contributed by atoms with Crippen LogP contribution >= 0.6 is 0 Å². The molecule has 0 spiro atoms. The van der Waals surface area contributed by atoms with E-state index in [2.05, 4.69) is 13.8 Å². The van der Waals surface area contributed by atoms with Gasteiger partial charge in [-0.2, -0.15) is 0 Å². The molecule has 98 valence electrons. The highest BCUT2D eigenvalue weighted by Crippen LogP contribution is 2.24. The lowest BCUT2D eigenvalue weighted by Gasteiger charge is -2.08. The highest BCUT2D eigenvalue weighted by molar-refractivity contribution is 5.88. The van der Waals surface area contributed by atoms with E-state index >= 15 is 0 Å². The van der Waals surface area contributed by atoms with Crippen molar-refractivity contribution in [2.45, 2.75) is 19.8 Å². The highest BCUT2D eigenvalue weighted by Gasteiger charge is 2.11. The number of carboxylic acid groups (broad SMARTS) is 1. The van der Waals surface area contributed by atoms with Crippen molar-refractivity contribution in [2.75, 3.05) is 0 Å². The average Bonchev–Trinajstić information content (AvgIpc) is 2.38. The Bertz CT molecular complexity index is 601. The van der Waals surface area contributed by atoms with E-state index < -0.39 is 11.8 Å². The Labute approximate surface area is 111 Å². The van der Waals surface area contributed by atoms with Crippen LogP contribution in [0.1, 0.15) is 35.7 Å². The fourth-order valence-corrected chi connectivity index (χ4v) is 1.93. The second-order valence-corrected chi connectivity index (χ2v) is 4.78. The molecule has 0 atom stereocenters. The van der Waals surface area contributed by atoms with Gasteiger partial charge in [0.25, 0.3) is 0 Å². The molecule has 0 unspecified atom stereocenters. The molecule has 2 aromatic rings. The summed E-state index contributed by atoms with van der Waals surface area (Å²) < 4.78 is 13.6. The summed E-state index contributed by atoms with van der Waals surface area (Å²) in [5, 5.41) is 8.78. The number of carbonyl (C=O) groups is 1. The minimum Gasteiger partial charge on any atom is -0.478 e. The number of rotatable bonds is 3. The number of halogens is 1. The fraction of sp³-hybridized carbons (Fsp3) is 0.188. The first kappa shape index (κ1) is 13.3. The lowest BCUT2D eigenvalue weighted by Crippen LogP contribution is -2.00. The van der Waals surface area contributed by atoms with E-state index in [1.807, 2.05) is 24.3 Å². The second-order valence-electron chi connectivity index (χ2n) is 4.78. The normalized spacial score (nSPS) is 10.7. The summed E-state index contributed by atoms with van der Waals surface area (Å²) in [6.07, 6.45) is 0. The zero-order chi connectivity index (χ0) is 14.0. The zero-order valence-electron chi connectivity index (χ0n) is 10.9. The van der Waals surface area contributed by atoms with Gasteiger partial charge in [0, 0.05) is 0 Å². The third-order valence-electron chi connectivity index (χ3n) is 3.11. The maximum atomic E-state index is 13.6. The third kappa shape index (κ3) is 2.81. The van der Waals surface area contributed by atoms with Crippen LogP contribution in [0.25, 0.3) is 11.1 Å². The zero-order valence-corrected chi connectivity index (χ0v) is 10.9. The Balaban J connectivity index is 2.37. The Kier molecular flexibility index (Phi) is 3.65. The van der Waals surface area contributed by atoms with E-state index in [1.165, 1.54) is 17.7 Å². The van der Waals surface area contributed by atoms with Crippen molar-refractivity contribution in [3.63, 3.8) is 0 Å². The van der Waals surface area contributed by atoms with Gasteiger partial charge in [-0.1, -0.05) is 44.2 Å².